The molecule has 7 nitrogen and oxygen atoms in total. The lowest BCUT2D eigenvalue weighted by atomic mass is 10.2. The molecule has 1 fully saturated rings. The average molecular weight is 269 g/mol. The van der Waals surface area contributed by atoms with Crippen molar-refractivity contribution in [2.45, 2.75) is 38.7 Å². The molecule has 0 aromatic carbocycles. The van der Waals surface area contributed by atoms with E-state index < -0.39 is 18.4 Å². The third-order valence-electron chi connectivity index (χ3n) is 3.11. The highest BCUT2D eigenvalue weighted by molar-refractivity contribution is 5.10. The van der Waals surface area contributed by atoms with E-state index in [4.69, 9.17) is 15.2 Å². The molecule has 2 heterocycles. The first-order chi connectivity index (χ1) is 9.06. The average Bonchev–Trinajstić information content (AvgIpc) is 2.75. The van der Waals surface area contributed by atoms with E-state index in [9.17, 15) is 9.90 Å². The Labute approximate surface area is 111 Å². The van der Waals surface area contributed by atoms with Crippen molar-refractivity contribution in [1.29, 1.82) is 0 Å². The van der Waals surface area contributed by atoms with Crippen LogP contribution in [-0.2, 0) is 4.74 Å². The highest BCUT2D eigenvalue weighted by Gasteiger charge is 2.35. The Morgan fingerprint density at radius 1 is 1.68 bits per heavy atom. The Balaban J connectivity index is 2.33. The number of hydrogen-bond acceptors (Lipinski definition) is 6. The standard InChI is InChI=1S/C12H19N3O4/c1-3-18-12-14-11(17)7(2)6-15(12)10-4-8(16)9(5-13)19-10/h6,8-10,16H,3-5,13H2,1-2H3. The maximum absolute atomic E-state index is 11.6. The summed E-state index contributed by atoms with van der Waals surface area (Å²) in [6, 6.07) is 0.202. The van der Waals surface area contributed by atoms with Gasteiger partial charge in [-0.1, -0.05) is 0 Å². The SMILES string of the molecule is CCOc1nc(=O)c(C)cn1C1CC(O)C(CN)O1. The molecule has 106 valence electrons. The fraction of sp³-hybridized carbons (Fsp3) is 0.667. The first kappa shape index (κ1) is 14.0. The summed E-state index contributed by atoms with van der Waals surface area (Å²) in [5.41, 5.74) is 5.70. The molecule has 0 amide bonds. The predicted molar refractivity (Wildman–Crippen MR) is 68.0 cm³/mol. The molecule has 1 aromatic heterocycles. The summed E-state index contributed by atoms with van der Waals surface area (Å²) >= 11 is 0. The van der Waals surface area contributed by atoms with Gasteiger partial charge in [-0.05, 0) is 13.8 Å². The highest BCUT2D eigenvalue weighted by atomic mass is 16.5. The van der Waals surface area contributed by atoms with E-state index in [1.807, 2.05) is 6.92 Å². The lowest BCUT2D eigenvalue weighted by Gasteiger charge is -2.19. The molecule has 2 rings (SSSR count). The minimum atomic E-state index is -0.621. The molecular formula is C12H19N3O4. The van der Waals surface area contributed by atoms with E-state index in [1.54, 1.807) is 17.7 Å². The summed E-state index contributed by atoms with van der Waals surface area (Å²) < 4.78 is 12.6. The molecule has 1 aliphatic rings. The lowest BCUT2D eigenvalue weighted by Crippen LogP contribution is -2.29. The largest absolute Gasteiger partial charge is 0.465 e. The summed E-state index contributed by atoms with van der Waals surface area (Å²) in [5.74, 6) is 0. The molecule has 19 heavy (non-hydrogen) atoms. The van der Waals surface area contributed by atoms with Gasteiger partial charge in [0.05, 0.1) is 18.8 Å². The van der Waals surface area contributed by atoms with Gasteiger partial charge < -0.3 is 20.3 Å². The van der Waals surface area contributed by atoms with Gasteiger partial charge in [-0.25, -0.2) is 0 Å². The number of nitrogens with zero attached hydrogens (tertiary/aromatic N) is 2. The summed E-state index contributed by atoms with van der Waals surface area (Å²) in [5, 5.41) is 9.82. The van der Waals surface area contributed by atoms with Gasteiger partial charge in [-0.3, -0.25) is 9.36 Å². The maximum Gasteiger partial charge on any atom is 0.301 e. The fourth-order valence-electron chi connectivity index (χ4n) is 2.09. The van der Waals surface area contributed by atoms with E-state index in [2.05, 4.69) is 4.98 Å². The van der Waals surface area contributed by atoms with Crippen molar-refractivity contribution >= 4 is 0 Å². The number of hydrogen-bond donors (Lipinski definition) is 2. The predicted octanol–water partition coefficient (Wildman–Crippen LogP) is -0.442. The topological polar surface area (TPSA) is 99.6 Å². The molecule has 1 saturated heterocycles. The van der Waals surface area contributed by atoms with Gasteiger partial charge in [0.15, 0.2) is 0 Å². The third kappa shape index (κ3) is 2.78. The Bertz CT molecular complexity index is 502. The van der Waals surface area contributed by atoms with Gasteiger partial charge in [0.25, 0.3) is 5.56 Å². The van der Waals surface area contributed by atoms with Crippen molar-refractivity contribution in [1.82, 2.24) is 9.55 Å². The van der Waals surface area contributed by atoms with Crippen LogP contribution in [0.3, 0.4) is 0 Å². The van der Waals surface area contributed by atoms with Crippen LogP contribution in [0.1, 0.15) is 25.1 Å². The van der Waals surface area contributed by atoms with Crippen LogP contribution in [0.4, 0.5) is 0 Å². The molecule has 7 heteroatoms. The van der Waals surface area contributed by atoms with Crippen molar-refractivity contribution in [2.24, 2.45) is 5.73 Å². The molecule has 0 bridgehead atoms. The van der Waals surface area contributed by atoms with Gasteiger partial charge in [0.1, 0.15) is 6.23 Å². The summed E-state index contributed by atoms with van der Waals surface area (Å²) in [7, 11) is 0. The molecule has 1 aliphatic heterocycles. The second kappa shape index (κ2) is 5.68. The van der Waals surface area contributed by atoms with E-state index in [0.29, 0.717) is 18.6 Å². The summed E-state index contributed by atoms with van der Waals surface area (Å²) in [4.78, 5) is 15.4. The van der Waals surface area contributed by atoms with Crippen molar-refractivity contribution < 1.29 is 14.6 Å². The zero-order valence-corrected chi connectivity index (χ0v) is 11.1. The van der Waals surface area contributed by atoms with Gasteiger partial charge in [0.2, 0.25) is 0 Å². The van der Waals surface area contributed by atoms with Crippen molar-refractivity contribution in [3.8, 4) is 6.01 Å². The van der Waals surface area contributed by atoms with E-state index in [0.717, 1.165) is 0 Å². The monoisotopic (exact) mass is 269 g/mol. The van der Waals surface area contributed by atoms with Gasteiger partial charge >= 0.3 is 6.01 Å². The van der Waals surface area contributed by atoms with Crippen molar-refractivity contribution in [3.63, 3.8) is 0 Å². The maximum atomic E-state index is 11.6. The Morgan fingerprint density at radius 2 is 2.42 bits per heavy atom. The molecule has 3 atom stereocenters. The number of aryl methyl sites for hydroxylation is 1. The van der Waals surface area contributed by atoms with E-state index >= 15 is 0 Å². The fourth-order valence-corrected chi connectivity index (χ4v) is 2.09. The zero-order chi connectivity index (χ0) is 14.0. The summed E-state index contributed by atoms with van der Waals surface area (Å²) in [6.07, 6.45) is 0.586. The normalized spacial score (nSPS) is 26.6. The van der Waals surface area contributed by atoms with Crippen LogP contribution in [-0.4, -0.2) is 40.0 Å². The number of ether oxygens (including phenoxy) is 2. The third-order valence-corrected chi connectivity index (χ3v) is 3.11. The van der Waals surface area contributed by atoms with Crippen molar-refractivity contribution in [3.05, 3.63) is 22.1 Å². The molecule has 3 unspecified atom stereocenters. The van der Waals surface area contributed by atoms with E-state index in [1.165, 1.54) is 0 Å². The number of rotatable bonds is 4. The molecule has 0 radical (unpaired) electrons. The highest BCUT2D eigenvalue weighted by Crippen LogP contribution is 2.30. The quantitative estimate of drug-likeness (QED) is 0.768. The second-order valence-corrected chi connectivity index (χ2v) is 4.52. The number of aliphatic hydroxyl groups is 1. The first-order valence-electron chi connectivity index (χ1n) is 6.33. The lowest BCUT2D eigenvalue weighted by molar-refractivity contribution is -0.0174. The van der Waals surface area contributed by atoms with Crippen LogP contribution in [0.25, 0.3) is 0 Å². The smallest absolute Gasteiger partial charge is 0.301 e. The zero-order valence-electron chi connectivity index (χ0n) is 11.1. The van der Waals surface area contributed by atoms with E-state index in [-0.39, 0.29) is 18.1 Å². The molecule has 0 aliphatic carbocycles. The van der Waals surface area contributed by atoms with Crippen LogP contribution in [0.15, 0.2) is 11.0 Å². The minimum Gasteiger partial charge on any atom is -0.465 e. The van der Waals surface area contributed by atoms with Gasteiger partial charge in [0, 0.05) is 24.7 Å². The number of nitrogens with two attached hydrogens (primary N) is 1. The minimum absolute atomic E-state index is 0.202. The Kier molecular flexibility index (Phi) is 4.18. The molecule has 0 saturated carbocycles. The first-order valence-corrected chi connectivity index (χ1v) is 6.33. The molecule has 0 spiro atoms. The number of aliphatic hydroxyl groups excluding tert-OH is 1. The van der Waals surface area contributed by atoms with Crippen LogP contribution in [0, 0.1) is 6.92 Å². The van der Waals surface area contributed by atoms with Crippen LogP contribution < -0.4 is 16.0 Å². The van der Waals surface area contributed by atoms with Crippen LogP contribution in [0.2, 0.25) is 0 Å². The number of aromatic nitrogens is 2. The van der Waals surface area contributed by atoms with Gasteiger partial charge in [-0.15, -0.1) is 0 Å². The van der Waals surface area contributed by atoms with Crippen LogP contribution >= 0.6 is 0 Å². The summed E-state index contributed by atoms with van der Waals surface area (Å²) in [6.45, 7) is 4.12. The second-order valence-electron chi connectivity index (χ2n) is 4.52. The van der Waals surface area contributed by atoms with Crippen LogP contribution in [0.5, 0.6) is 6.01 Å². The van der Waals surface area contributed by atoms with Gasteiger partial charge in [-0.2, -0.15) is 4.98 Å². The molecular weight excluding hydrogens is 250 g/mol. The van der Waals surface area contributed by atoms with Crippen molar-refractivity contribution in [2.75, 3.05) is 13.2 Å². The molecule has 1 aromatic rings. The Morgan fingerprint density at radius 3 is 3.00 bits per heavy atom. The Hall–Kier alpha value is -1.44. The molecule has 3 N–H and O–H groups in total.